The van der Waals surface area contributed by atoms with Crippen molar-refractivity contribution in [3.63, 3.8) is 0 Å². The number of anilines is 1. The highest BCUT2D eigenvalue weighted by Crippen LogP contribution is 2.34. The van der Waals surface area contributed by atoms with Crippen molar-refractivity contribution in [1.82, 2.24) is 29.7 Å². The summed E-state index contributed by atoms with van der Waals surface area (Å²) in [6, 6.07) is 8.15. The zero-order valence-electron chi connectivity index (χ0n) is 22.6. The second-order valence-corrected chi connectivity index (χ2v) is 10.3. The van der Waals surface area contributed by atoms with Gasteiger partial charge in [0.1, 0.15) is 5.69 Å². The first kappa shape index (κ1) is 28.4. The summed E-state index contributed by atoms with van der Waals surface area (Å²) in [7, 11) is 1.82. The summed E-state index contributed by atoms with van der Waals surface area (Å²) in [4.78, 5) is 14.9. The van der Waals surface area contributed by atoms with Crippen molar-refractivity contribution in [2.45, 2.75) is 45.3 Å². The summed E-state index contributed by atoms with van der Waals surface area (Å²) in [6.07, 6.45) is -1.95. The summed E-state index contributed by atoms with van der Waals surface area (Å²) in [6.45, 7) is 3.94. The Morgan fingerprint density at radius 2 is 1.80 bits per heavy atom. The molecule has 1 N–H and O–H groups in total. The number of alkyl halides is 5. The van der Waals surface area contributed by atoms with Crippen molar-refractivity contribution in [3.8, 4) is 16.9 Å². The quantitative estimate of drug-likeness (QED) is 0.296. The highest BCUT2D eigenvalue weighted by atomic mass is 19.4. The molecule has 4 aromatic rings. The summed E-state index contributed by atoms with van der Waals surface area (Å²) >= 11 is 0. The molecule has 0 aliphatic carbocycles. The molecular weight excluding hydrogens is 545 g/mol. The molecule has 41 heavy (non-hydrogen) atoms. The second-order valence-electron chi connectivity index (χ2n) is 10.3. The summed E-state index contributed by atoms with van der Waals surface area (Å²) in [5, 5.41) is 15.2. The Labute approximate surface area is 232 Å². The molecule has 0 spiro atoms. The Morgan fingerprint density at radius 3 is 2.46 bits per heavy atom. The largest absolute Gasteiger partial charge is 0.416 e. The minimum atomic E-state index is -4.65. The molecule has 1 aliphatic heterocycles. The molecule has 0 unspecified atom stereocenters. The number of aryl methyl sites for hydroxylation is 2. The van der Waals surface area contributed by atoms with Crippen molar-refractivity contribution in [3.05, 3.63) is 76.7 Å². The molecule has 216 valence electrons. The van der Waals surface area contributed by atoms with E-state index in [1.54, 1.807) is 40.2 Å². The molecule has 1 saturated heterocycles. The molecule has 0 radical (unpaired) electrons. The molecular formula is C28H28F5N7O. The fraction of sp³-hybridized carbons (Fsp3) is 0.357. The molecule has 0 saturated carbocycles. The number of hydrogen-bond donors (Lipinski definition) is 1. The number of likely N-dealkylation sites (tertiary alicyclic amines) is 1. The summed E-state index contributed by atoms with van der Waals surface area (Å²) < 4.78 is 71.3. The number of nitrogens with one attached hydrogen (secondary N) is 1. The highest BCUT2D eigenvalue weighted by molar-refractivity contribution is 6.04. The maximum atomic E-state index is 13.7. The van der Waals surface area contributed by atoms with Crippen molar-refractivity contribution in [2.75, 3.05) is 18.4 Å². The van der Waals surface area contributed by atoms with Gasteiger partial charge in [0.25, 0.3) is 11.8 Å². The molecule has 1 aliphatic rings. The Hall–Kier alpha value is -4.13. The van der Waals surface area contributed by atoms with Gasteiger partial charge in [0.15, 0.2) is 0 Å². The molecule has 2 aromatic carbocycles. The maximum absolute atomic E-state index is 13.7. The van der Waals surface area contributed by atoms with Crippen LogP contribution in [0.4, 0.5) is 27.6 Å². The monoisotopic (exact) mass is 573 g/mol. The number of benzene rings is 2. The van der Waals surface area contributed by atoms with Crippen LogP contribution in [0.5, 0.6) is 0 Å². The highest BCUT2D eigenvalue weighted by Gasteiger charge is 2.35. The smallest absolute Gasteiger partial charge is 0.322 e. The number of carbonyl (C=O) groups excluding carboxylic acids is 1. The lowest BCUT2D eigenvalue weighted by Crippen LogP contribution is -2.38. The molecule has 1 amide bonds. The fourth-order valence-corrected chi connectivity index (χ4v) is 4.77. The van der Waals surface area contributed by atoms with E-state index in [0.29, 0.717) is 11.4 Å². The zero-order chi connectivity index (χ0) is 29.5. The van der Waals surface area contributed by atoms with E-state index in [1.165, 1.54) is 10.7 Å². The van der Waals surface area contributed by atoms with E-state index in [4.69, 9.17) is 0 Å². The van der Waals surface area contributed by atoms with Gasteiger partial charge in [-0.1, -0.05) is 11.3 Å². The number of amides is 1. The molecule has 2 aromatic heterocycles. The predicted molar refractivity (Wildman–Crippen MR) is 142 cm³/mol. The van der Waals surface area contributed by atoms with Gasteiger partial charge < -0.3 is 5.32 Å². The van der Waals surface area contributed by atoms with Gasteiger partial charge in [0.05, 0.1) is 23.6 Å². The zero-order valence-corrected chi connectivity index (χ0v) is 22.6. The lowest BCUT2D eigenvalue weighted by Gasteiger charge is -2.31. The van der Waals surface area contributed by atoms with Crippen molar-refractivity contribution in [1.29, 1.82) is 0 Å². The van der Waals surface area contributed by atoms with Crippen molar-refractivity contribution < 1.29 is 26.7 Å². The molecule has 13 heteroatoms. The van der Waals surface area contributed by atoms with Crippen molar-refractivity contribution >= 4 is 11.6 Å². The van der Waals surface area contributed by atoms with Crippen LogP contribution < -0.4 is 5.32 Å². The summed E-state index contributed by atoms with van der Waals surface area (Å²) in [5.41, 5.74) is 3.18. The van der Waals surface area contributed by atoms with E-state index in [-0.39, 0.29) is 49.3 Å². The first-order valence-corrected chi connectivity index (χ1v) is 12.9. The molecule has 1 fully saturated rings. The number of rotatable bonds is 6. The molecule has 5 rings (SSSR count). The normalized spacial score (nSPS) is 15.7. The lowest BCUT2D eigenvalue weighted by atomic mass is 10.0. The van der Waals surface area contributed by atoms with Gasteiger partial charge >= 0.3 is 6.18 Å². The van der Waals surface area contributed by atoms with Crippen LogP contribution in [0.3, 0.4) is 0 Å². The fourth-order valence-electron chi connectivity index (χ4n) is 4.77. The Kier molecular flexibility index (Phi) is 7.41. The minimum absolute atomic E-state index is 0.0422. The minimum Gasteiger partial charge on any atom is -0.322 e. The van der Waals surface area contributed by atoms with E-state index in [2.05, 4.69) is 20.7 Å². The summed E-state index contributed by atoms with van der Waals surface area (Å²) in [5.74, 6) is -3.38. The van der Waals surface area contributed by atoms with Gasteiger partial charge in [-0.2, -0.15) is 18.3 Å². The van der Waals surface area contributed by atoms with Gasteiger partial charge in [0, 0.05) is 62.0 Å². The number of halogens is 5. The van der Waals surface area contributed by atoms with Gasteiger partial charge in [0.2, 0.25) is 0 Å². The first-order chi connectivity index (χ1) is 19.3. The molecule has 0 bridgehead atoms. The van der Waals surface area contributed by atoms with Crippen LogP contribution in [0, 0.1) is 13.8 Å². The predicted octanol–water partition coefficient (Wildman–Crippen LogP) is 5.79. The molecule has 0 atom stereocenters. The van der Waals surface area contributed by atoms with E-state index >= 15 is 0 Å². The van der Waals surface area contributed by atoms with Gasteiger partial charge in [-0.15, -0.1) is 5.10 Å². The van der Waals surface area contributed by atoms with Gasteiger partial charge in [-0.3, -0.25) is 14.4 Å². The van der Waals surface area contributed by atoms with E-state index in [0.717, 1.165) is 29.0 Å². The van der Waals surface area contributed by atoms with Crippen LogP contribution in [0.1, 0.15) is 45.6 Å². The van der Waals surface area contributed by atoms with E-state index in [9.17, 15) is 26.7 Å². The van der Waals surface area contributed by atoms with Gasteiger partial charge in [-0.05, 0) is 55.3 Å². The van der Waals surface area contributed by atoms with Crippen LogP contribution in [0.25, 0.3) is 16.9 Å². The van der Waals surface area contributed by atoms with Crippen LogP contribution in [0.15, 0.2) is 48.8 Å². The number of nitrogens with zero attached hydrogens (tertiary/aromatic N) is 6. The van der Waals surface area contributed by atoms with Crippen LogP contribution in [0.2, 0.25) is 0 Å². The second kappa shape index (κ2) is 10.7. The van der Waals surface area contributed by atoms with E-state index in [1.807, 2.05) is 20.9 Å². The average molecular weight is 574 g/mol. The van der Waals surface area contributed by atoms with E-state index < -0.39 is 23.6 Å². The first-order valence-electron chi connectivity index (χ1n) is 12.9. The average Bonchev–Trinajstić information content (AvgIpc) is 3.51. The molecule has 8 nitrogen and oxygen atoms in total. The van der Waals surface area contributed by atoms with Crippen LogP contribution in [-0.4, -0.2) is 54.6 Å². The third-order valence-electron chi connectivity index (χ3n) is 7.29. The Balaban J connectivity index is 1.38. The maximum Gasteiger partial charge on any atom is 0.416 e. The number of aromatic nitrogens is 5. The van der Waals surface area contributed by atoms with Crippen LogP contribution >= 0.6 is 0 Å². The third-order valence-corrected chi connectivity index (χ3v) is 7.29. The van der Waals surface area contributed by atoms with Crippen molar-refractivity contribution in [2.24, 2.45) is 7.05 Å². The lowest BCUT2D eigenvalue weighted by molar-refractivity contribution is -0.137. The number of piperidine rings is 1. The SMILES string of the molecule is Cc1ccc(C(=O)Nc2cc(CN3CCC(F)(F)CC3)cc(C(F)(F)F)c2)cc1-n1cc(-c2cnn(C)c2C)nn1. The van der Waals surface area contributed by atoms with Crippen LogP contribution in [-0.2, 0) is 19.8 Å². The number of carbonyl (C=O) groups is 1. The molecule has 3 heterocycles. The standard InChI is InChI=1S/C28H28F5N7O/c1-17-4-5-20(12-25(17)40-16-24(36-37-40)23-14-34-38(3)18(23)2)26(41)35-22-11-19(10-21(13-22)28(31,32)33)15-39-8-6-27(29,30)7-9-39/h4-5,10-14,16H,6-9,15H2,1-3H3,(H,35,41). The third kappa shape index (κ3) is 6.29. The topological polar surface area (TPSA) is 80.9 Å². The number of hydrogen-bond acceptors (Lipinski definition) is 5. The van der Waals surface area contributed by atoms with Gasteiger partial charge in [-0.25, -0.2) is 13.5 Å². The Bertz CT molecular complexity index is 1580. The Morgan fingerprint density at radius 1 is 1.07 bits per heavy atom.